The number of nitrogens with two attached hydrogens (primary N) is 1. The van der Waals surface area contributed by atoms with E-state index in [1.54, 1.807) is 0 Å². The normalized spacial score (nSPS) is 10.8. The Morgan fingerprint density at radius 1 is 1.22 bits per heavy atom. The molecule has 0 bridgehead atoms. The van der Waals surface area contributed by atoms with Gasteiger partial charge in [-0.2, -0.15) is 0 Å². The summed E-state index contributed by atoms with van der Waals surface area (Å²) in [5.41, 5.74) is 5.11. The van der Waals surface area contributed by atoms with Crippen LogP contribution >= 0.6 is 15.9 Å². The molecule has 3 aromatic rings. The second kappa shape index (κ2) is 7.33. The van der Waals surface area contributed by atoms with Gasteiger partial charge >= 0.3 is 11.9 Å². The number of esters is 2. The summed E-state index contributed by atoms with van der Waals surface area (Å²) in [5, 5.41) is 10.2. The van der Waals surface area contributed by atoms with Gasteiger partial charge in [0.05, 0.1) is 28.4 Å². The van der Waals surface area contributed by atoms with Gasteiger partial charge in [0.1, 0.15) is 16.8 Å². The van der Waals surface area contributed by atoms with Crippen LogP contribution in [0.3, 0.4) is 0 Å². The topological polar surface area (TPSA) is 115 Å². The van der Waals surface area contributed by atoms with Crippen molar-refractivity contribution < 1.29 is 28.2 Å². The largest absolute Gasteiger partial charge is 0.506 e. The molecule has 10 heteroatoms. The SMILES string of the molecule is NCC(=O)OC(=O)c1c(O)c(Br)cc2ncc(-c3ccc(F)c(F)c3)nc12. The highest BCUT2D eigenvalue weighted by atomic mass is 79.9. The minimum atomic E-state index is -1.18. The van der Waals surface area contributed by atoms with Crippen LogP contribution in [0.2, 0.25) is 0 Å². The second-order valence-corrected chi connectivity index (χ2v) is 6.15. The number of aromatic nitrogens is 2. The number of rotatable bonds is 3. The van der Waals surface area contributed by atoms with E-state index in [4.69, 9.17) is 5.73 Å². The number of phenols is 1. The molecule has 3 N–H and O–H groups in total. The van der Waals surface area contributed by atoms with Gasteiger partial charge in [0.2, 0.25) is 0 Å². The lowest BCUT2D eigenvalue weighted by Gasteiger charge is -2.10. The molecule has 138 valence electrons. The Balaban J connectivity index is 2.20. The zero-order valence-electron chi connectivity index (χ0n) is 13.4. The molecule has 0 aliphatic carbocycles. The van der Waals surface area contributed by atoms with E-state index in [1.807, 2.05) is 0 Å². The van der Waals surface area contributed by atoms with E-state index < -0.39 is 41.4 Å². The van der Waals surface area contributed by atoms with E-state index in [0.29, 0.717) is 0 Å². The van der Waals surface area contributed by atoms with Crippen molar-refractivity contribution in [3.05, 3.63) is 52.1 Å². The fourth-order valence-electron chi connectivity index (χ4n) is 2.29. The Kier molecular flexibility index (Phi) is 5.10. The van der Waals surface area contributed by atoms with Crippen molar-refractivity contribution in [2.75, 3.05) is 6.54 Å². The first-order valence-corrected chi connectivity index (χ1v) is 8.19. The van der Waals surface area contributed by atoms with Crippen LogP contribution in [0.5, 0.6) is 5.75 Å². The van der Waals surface area contributed by atoms with Crippen molar-refractivity contribution >= 4 is 38.9 Å². The van der Waals surface area contributed by atoms with Crippen LogP contribution in [-0.4, -0.2) is 33.6 Å². The number of fused-ring (bicyclic) bond motifs is 1. The summed E-state index contributed by atoms with van der Waals surface area (Å²) in [6.07, 6.45) is 1.29. The molecule has 0 unspecified atom stereocenters. The number of ether oxygens (including phenoxy) is 1. The lowest BCUT2D eigenvalue weighted by Crippen LogP contribution is -2.21. The number of nitrogens with zero attached hydrogens (tertiary/aromatic N) is 2. The lowest BCUT2D eigenvalue weighted by atomic mass is 10.1. The molecule has 0 fully saturated rings. The Morgan fingerprint density at radius 2 is 1.96 bits per heavy atom. The first kappa shape index (κ1) is 18.8. The van der Waals surface area contributed by atoms with Gasteiger partial charge in [0.25, 0.3) is 0 Å². The van der Waals surface area contributed by atoms with Crippen LogP contribution in [0.4, 0.5) is 8.78 Å². The maximum atomic E-state index is 13.5. The second-order valence-electron chi connectivity index (χ2n) is 5.30. The number of hydrogen-bond donors (Lipinski definition) is 2. The van der Waals surface area contributed by atoms with E-state index in [9.17, 15) is 23.5 Å². The quantitative estimate of drug-likeness (QED) is 0.477. The Bertz CT molecular complexity index is 1090. The van der Waals surface area contributed by atoms with Gasteiger partial charge < -0.3 is 15.6 Å². The minimum absolute atomic E-state index is 0.0900. The molecule has 1 heterocycles. The molecule has 7 nitrogen and oxygen atoms in total. The number of carbonyl (C=O) groups excluding carboxylic acids is 2. The van der Waals surface area contributed by atoms with E-state index in [1.165, 1.54) is 18.3 Å². The summed E-state index contributed by atoms with van der Waals surface area (Å²) >= 11 is 3.07. The molecule has 0 saturated carbocycles. The van der Waals surface area contributed by atoms with Crippen LogP contribution in [0, 0.1) is 11.6 Å². The third kappa shape index (κ3) is 3.62. The van der Waals surface area contributed by atoms with Crippen molar-refractivity contribution in [1.82, 2.24) is 9.97 Å². The van der Waals surface area contributed by atoms with Gasteiger partial charge in [-0.05, 0) is 40.2 Å². The fraction of sp³-hybridized carbons (Fsp3) is 0.0588. The highest BCUT2D eigenvalue weighted by Crippen LogP contribution is 2.34. The van der Waals surface area contributed by atoms with Crippen molar-refractivity contribution in [3.8, 4) is 17.0 Å². The molecule has 0 aliphatic heterocycles. The predicted octanol–water partition coefficient (Wildman–Crippen LogP) is 2.69. The lowest BCUT2D eigenvalue weighted by molar-refractivity contribution is -0.136. The van der Waals surface area contributed by atoms with E-state index in [-0.39, 0.29) is 26.8 Å². The minimum Gasteiger partial charge on any atom is -0.506 e. The van der Waals surface area contributed by atoms with Crippen LogP contribution in [0.15, 0.2) is 34.9 Å². The Morgan fingerprint density at radius 3 is 2.63 bits per heavy atom. The van der Waals surface area contributed by atoms with E-state index in [0.717, 1.165) is 12.1 Å². The van der Waals surface area contributed by atoms with Crippen molar-refractivity contribution in [1.29, 1.82) is 0 Å². The van der Waals surface area contributed by atoms with E-state index in [2.05, 4.69) is 30.6 Å². The predicted molar refractivity (Wildman–Crippen MR) is 93.7 cm³/mol. The summed E-state index contributed by atoms with van der Waals surface area (Å²) in [6.45, 7) is -0.537. The molecular formula is C17H10BrF2N3O4. The molecule has 1 aromatic heterocycles. The number of carbonyl (C=O) groups is 2. The highest BCUT2D eigenvalue weighted by Gasteiger charge is 2.24. The number of halogens is 3. The summed E-state index contributed by atoms with van der Waals surface area (Å²) < 4.78 is 31.3. The molecule has 27 heavy (non-hydrogen) atoms. The molecular weight excluding hydrogens is 428 g/mol. The summed E-state index contributed by atoms with van der Waals surface area (Å²) in [4.78, 5) is 31.9. The molecule has 3 rings (SSSR count). The molecule has 0 spiro atoms. The van der Waals surface area contributed by atoms with Crippen LogP contribution in [0.1, 0.15) is 10.4 Å². The van der Waals surface area contributed by atoms with Gasteiger partial charge in [-0.1, -0.05) is 0 Å². The molecule has 0 atom stereocenters. The Hall–Kier alpha value is -2.98. The maximum absolute atomic E-state index is 13.5. The monoisotopic (exact) mass is 437 g/mol. The van der Waals surface area contributed by atoms with Crippen LogP contribution in [-0.2, 0) is 9.53 Å². The standard InChI is InChI=1S/C17H10BrF2N3O4/c18-8-4-11-15(14(16(8)25)17(26)27-13(24)5-21)23-12(6-22-11)7-1-2-9(19)10(20)3-7/h1-4,6,25H,5,21H2. The zero-order chi connectivity index (χ0) is 19.7. The molecule has 0 amide bonds. The van der Waals surface area contributed by atoms with Gasteiger partial charge in [0, 0.05) is 5.56 Å². The van der Waals surface area contributed by atoms with Gasteiger partial charge in [-0.3, -0.25) is 9.78 Å². The van der Waals surface area contributed by atoms with Crippen molar-refractivity contribution in [2.45, 2.75) is 0 Å². The average molecular weight is 438 g/mol. The molecule has 2 aromatic carbocycles. The average Bonchev–Trinajstić information content (AvgIpc) is 2.64. The maximum Gasteiger partial charge on any atom is 0.351 e. The van der Waals surface area contributed by atoms with Crippen LogP contribution < -0.4 is 5.73 Å². The summed E-state index contributed by atoms with van der Waals surface area (Å²) in [5.74, 6) is -4.81. The molecule has 0 radical (unpaired) electrons. The van der Waals surface area contributed by atoms with Gasteiger partial charge in [0.15, 0.2) is 11.6 Å². The zero-order valence-corrected chi connectivity index (χ0v) is 15.0. The number of benzene rings is 2. The third-order valence-electron chi connectivity index (χ3n) is 3.56. The van der Waals surface area contributed by atoms with Crippen molar-refractivity contribution in [3.63, 3.8) is 0 Å². The van der Waals surface area contributed by atoms with Crippen molar-refractivity contribution in [2.24, 2.45) is 5.73 Å². The van der Waals surface area contributed by atoms with E-state index >= 15 is 0 Å². The fourth-order valence-corrected chi connectivity index (χ4v) is 2.71. The highest BCUT2D eigenvalue weighted by molar-refractivity contribution is 9.10. The molecule has 0 saturated heterocycles. The van der Waals surface area contributed by atoms with Gasteiger partial charge in [-0.25, -0.2) is 18.6 Å². The first-order chi connectivity index (χ1) is 12.8. The first-order valence-electron chi connectivity index (χ1n) is 7.40. The number of hydrogen-bond acceptors (Lipinski definition) is 7. The summed E-state index contributed by atoms with van der Waals surface area (Å²) in [7, 11) is 0. The van der Waals surface area contributed by atoms with Gasteiger partial charge in [-0.15, -0.1) is 0 Å². The number of aromatic hydroxyl groups is 1. The number of phenolic OH excluding ortho intramolecular Hbond substituents is 1. The van der Waals surface area contributed by atoms with Crippen LogP contribution in [0.25, 0.3) is 22.3 Å². The summed E-state index contributed by atoms with van der Waals surface area (Å²) in [6, 6.07) is 4.52. The Labute approximate surface area is 158 Å². The molecule has 0 aliphatic rings. The third-order valence-corrected chi connectivity index (χ3v) is 4.16. The smallest absolute Gasteiger partial charge is 0.351 e.